The Morgan fingerprint density at radius 2 is 1.93 bits per heavy atom. The lowest BCUT2D eigenvalue weighted by Crippen LogP contribution is -2.36. The van der Waals surface area contributed by atoms with Crippen LogP contribution in [-0.4, -0.2) is 58.1 Å². The summed E-state index contributed by atoms with van der Waals surface area (Å²) >= 11 is 1.31. The van der Waals surface area contributed by atoms with Gasteiger partial charge in [0.25, 0.3) is 0 Å². The van der Waals surface area contributed by atoms with Crippen LogP contribution in [0, 0.1) is 5.82 Å². The predicted molar refractivity (Wildman–Crippen MR) is 147 cm³/mol. The summed E-state index contributed by atoms with van der Waals surface area (Å²) in [6.07, 6.45) is 2.36. The summed E-state index contributed by atoms with van der Waals surface area (Å²) in [5, 5.41) is 5.18. The first-order chi connectivity index (χ1) is 19.7. The first kappa shape index (κ1) is 28.0. The van der Waals surface area contributed by atoms with Gasteiger partial charge < -0.3 is 14.4 Å². The number of ether oxygens (including phenoxy) is 2. The van der Waals surface area contributed by atoms with Crippen molar-refractivity contribution in [3.05, 3.63) is 53.4 Å². The van der Waals surface area contributed by atoms with E-state index in [-0.39, 0.29) is 23.3 Å². The normalized spacial score (nSPS) is 17.8. The monoisotopic (exact) mass is 590 g/mol. The fourth-order valence-corrected chi connectivity index (χ4v) is 6.17. The highest BCUT2D eigenvalue weighted by atomic mass is 32.1. The van der Waals surface area contributed by atoms with Crippen LogP contribution in [0.3, 0.4) is 0 Å². The minimum atomic E-state index is -4.66. The number of halogens is 4. The van der Waals surface area contributed by atoms with Crippen molar-refractivity contribution in [1.82, 2.24) is 24.7 Å². The molecule has 2 aliphatic rings. The van der Waals surface area contributed by atoms with E-state index in [0.717, 1.165) is 30.5 Å². The number of morpholine rings is 1. The summed E-state index contributed by atoms with van der Waals surface area (Å²) in [6.45, 7) is 4.41. The quantitative estimate of drug-likeness (QED) is 0.205. The van der Waals surface area contributed by atoms with Crippen molar-refractivity contribution in [1.29, 1.82) is 0 Å². The summed E-state index contributed by atoms with van der Waals surface area (Å²) in [4.78, 5) is 16.4. The van der Waals surface area contributed by atoms with Gasteiger partial charge in [0.05, 0.1) is 42.8 Å². The number of hydrogen-bond donors (Lipinski definition) is 0. The maximum atomic E-state index is 15.3. The number of nitrogens with zero attached hydrogens (tertiary/aromatic N) is 6. The number of alkyl halides is 3. The van der Waals surface area contributed by atoms with Gasteiger partial charge in [-0.05, 0) is 43.9 Å². The molecule has 8 nitrogen and oxygen atoms in total. The lowest BCUT2D eigenvalue weighted by molar-refractivity contribution is -0.137. The van der Waals surface area contributed by atoms with Gasteiger partial charge in [0.15, 0.2) is 10.8 Å². The largest absolute Gasteiger partial charge is 0.416 e. The second-order valence-electron chi connectivity index (χ2n) is 10.4. The van der Waals surface area contributed by atoms with E-state index in [1.807, 2.05) is 24.0 Å². The number of methoxy groups -OCH3 is 1. The highest BCUT2D eigenvalue weighted by molar-refractivity contribution is 7.22. The van der Waals surface area contributed by atoms with Gasteiger partial charge in [-0.25, -0.2) is 14.4 Å². The third-order valence-corrected chi connectivity index (χ3v) is 8.76. The fraction of sp³-hybridized carbons (Fsp3) is 0.500. The maximum Gasteiger partial charge on any atom is 0.416 e. The Morgan fingerprint density at radius 3 is 2.59 bits per heavy atom. The number of aromatic nitrogens is 5. The molecule has 0 N–H and O–H groups in total. The van der Waals surface area contributed by atoms with Crippen molar-refractivity contribution in [2.24, 2.45) is 0 Å². The van der Waals surface area contributed by atoms with Gasteiger partial charge in [0, 0.05) is 43.4 Å². The van der Waals surface area contributed by atoms with E-state index in [1.54, 1.807) is 7.11 Å². The third-order valence-electron chi connectivity index (χ3n) is 7.65. The molecule has 1 saturated carbocycles. The van der Waals surface area contributed by atoms with Gasteiger partial charge >= 0.3 is 6.18 Å². The second kappa shape index (κ2) is 11.3. The van der Waals surface area contributed by atoms with E-state index in [1.165, 1.54) is 11.3 Å². The highest BCUT2D eigenvalue weighted by Crippen LogP contribution is 2.41. The minimum Gasteiger partial charge on any atom is -0.378 e. The van der Waals surface area contributed by atoms with Crippen molar-refractivity contribution >= 4 is 26.8 Å². The van der Waals surface area contributed by atoms with Crippen LogP contribution in [0.5, 0.6) is 0 Å². The number of rotatable bonds is 9. The Kier molecular flexibility index (Phi) is 7.68. The molecule has 0 radical (unpaired) electrons. The molecule has 0 bridgehead atoms. The van der Waals surface area contributed by atoms with E-state index in [9.17, 15) is 13.2 Å². The summed E-state index contributed by atoms with van der Waals surface area (Å²) in [6, 6.07) is 2.98. The van der Waals surface area contributed by atoms with Crippen molar-refractivity contribution in [3.8, 4) is 11.3 Å². The molecule has 2 fully saturated rings. The minimum absolute atomic E-state index is 0.0207. The molecule has 2 atom stereocenters. The highest BCUT2D eigenvalue weighted by Gasteiger charge is 2.32. The smallest absolute Gasteiger partial charge is 0.378 e. The topological polar surface area (TPSA) is 78.2 Å². The number of hydrogen-bond acceptors (Lipinski definition) is 8. The van der Waals surface area contributed by atoms with Crippen molar-refractivity contribution in [2.45, 2.75) is 56.8 Å². The molecule has 6 rings (SSSR count). The Bertz CT molecular complexity index is 1530. The average Bonchev–Trinajstić information content (AvgIpc) is 3.53. The Morgan fingerprint density at radius 1 is 1.15 bits per heavy atom. The SMILES string of the molecule is CCC(CC(OC)c1cnn(C2CC2)c1)c1nc(-c2ccc(C(F)(F)F)cc2F)c2sc(N3CCOCC3)nc2n1. The van der Waals surface area contributed by atoms with Crippen LogP contribution in [0.25, 0.3) is 21.6 Å². The Balaban J connectivity index is 1.40. The summed E-state index contributed by atoms with van der Waals surface area (Å²) < 4.78 is 69.0. The number of thiazole rings is 1. The van der Waals surface area contributed by atoms with Crippen LogP contribution < -0.4 is 4.90 Å². The van der Waals surface area contributed by atoms with Gasteiger partial charge in [0.2, 0.25) is 0 Å². The number of benzene rings is 1. The summed E-state index contributed by atoms with van der Waals surface area (Å²) in [5.74, 6) is -0.731. The molecule has 4 aromatic rings. The molecule has 3 aromatic heterocycles. The first-order valence-electron chi connectivity index (χ1n) is 13.7. The van der Waals surface area contributed by atoms with Crippen LogP contribution in [0.2, 0.25) is 0 Å². The lowest BCUT2D eigenvalue weighted by Gasteiger charge is -2.25. The standard InChI is InChI=1S/C28H30F4N6O2S/c1-3-16(12-22(39-2)17-14-33-38(15-17)19-5-6-19)25-34-23(20-7-4-18(13-21(20)29)28(30,31)32)24-26(35-25)36-27(41-24)37-8-10-40-11-9-37/h4,7,13-16,19,22H,3,5-6,8-12H2,1-2H3. The molecule has 41 heavy (non-hydrogen) atoms. The van der Waals surface area contributed by atoms with Crippen LogP contribution in [-0.2, 0) is 15.7 Å². The summed E-state index contributed by atoms with van der Waals surface area (Å²) in [5.41, 5.74) is 0.513. The van der Waals surface area contributed by atoms with E-state index in [0.29, 0.717) is 72.6 Å². The molecule has 13 heteroatoms. The predicted octanol–water partition coefficient (Wildman–Crippen LogP) is 6.55. The molecule has 4 heterocycles. The molecule has 0 amide bonds. The van der Waals surface area contributed by atoms with Crippen molar-refractivity contribution < 1.29 is 27.0 Å². The Hall–Kier alpha value is -3.16. The molecule has 1 aliphatic heterocycles. The van der Waals surface area contributed by atoms with E-state index in [4.69, 9.17) is 24.4 Å². The molecular weight excluding hydrogens is 560 g/mol. The first-order valence-corrected chi connectivity index (χ1v) is 14.5. The number of anilines is 1. The van der Waals surface area contributed by atoms with Crippen LogP contribution >= 0.6 is 11.3 Å². The molecule has 218 valence electrons. The van der Waals surface area contributed by atoms with E-state index < -0.39 is 17.6 Å². The third kappa shape index (κ3) is 5.80. The van der Waals surface area contributed by atoms with Crippen LogP contribution in [0.15, 0.2) is 30.6 Å². The molecule has 1 aliphatic carbocycles. The zero-order chi connectivity index (χ0) is 28.7. The fourth-order valence-electron chi connectivity index (χ4n) is 5.11. The number of fused-ring (bicyclic) bond motifs is 1. The molecular formula is C28H30F4N6O2S. The van der Waals surface area contributed by atoms with Crippen LogP contribution in [0.1, 0.15) is 67.6 Å². The van der Waals surface area contributed by atoms with Crippen molar-refractivity contribution in [3.63, 3.8) is 0 Å². The lowest BCUT2D eigenvalue weighted by atomic mass is 9.95. The van der Waals surface area contributed by atoms with Crippen molar-refractivity contribution in [2.75, 3.05) is 38.3 Å². The van der Waals surface area contributed by atoms with Crippen LogP contribution in [0.4, 0.5) is 22.7 Å². The van der Waals surface area contributed by atoms with Gasteiger partial charge in [-0.1, -0.05) is 18.3 Å². The van der Waals surface area contributed by atoms with E-state index >= 15 is 4.39 Å². The van der Waals surface area contributed by atoms with Gasteiger partial charge in [-0.3, -0.25) is 4.68 Å². The molecule has 2 unspecified atom stereocenters. The van der Waals surface area contributed by atoms with E-state index in [2.05, 4.69) is 10.00 Å². The van der Waals surface area contributed by atoms with Gasteiger partial charge in [-0.2, -0.15) is 23.3 Å². The zero-order valence-corrected chi connectivity index (χ0v) is 23.5. The molecule has 1 saturated heterocycles. The maximum absolute atomic E-state index is 15.3. The molecule has 1 aromatic carbocycles. The summed E-state index contributed by atoms with van der Waals surface area (Å²) in [7, 11) is 1.65. The Labute approximate surface area is 238 Å². The van der Waals surface area contributed by atoms with Gasteiger partial charge in [0.1, 0.15) is 16.3 Å². The molecule has 0 spiro atoms. The second-order valence-corrected chi connectivity index (χ2v) is 11.4. The zero-order valence-electron chi connectivity index (χ0n) is 22.7. The average molecular weight is 591 g/mol. The van der Waals surface area contributed by atoms with Gasteiger partial charge in [-0.15, -0.1) is 0 Å².